The minimum atomic E-state index is -1.48. The number of benzene rings is 1. The van der Waals surface area contributed by atoms with E-state index in [4.69, 9.17) is 42.0 Å². The standard InChI is InChI=1S/C21H24BNO7/c1-3-8-13(4-2)21(23)29-17-16-15(27-19(17)30-21)14(11-25-20(22)24)26-18(28-16)12-9-6-5-7-10-12/h4-10,14-19H,2-3,11,23H2,1H3/b13-8+. The largest absolute Gasteiger partial charge is 0.472 e. The van der Waals surface area contributed by atoms with E-state index < -0.39 is 48.8 Å². The van der Waals surface area contributed by atoms with Crippen LogP contribution >= 0.6 is 0 Å². The number of hydrogen-bond donors (Lipinski definition) is 1. The lowest BCUT2D eigenvalue weighted by atomic mass is 10.0. The van der Waals surface area contributed by atoms with E-state index >= 15 is 0 Å². The fourth-order valence-corrected chi connectivity index (χ4v) is 3.93. The smallest absolute Gasteiger partial charge is 0.255 e. The lowest BCUT2D eigenvalue weighted by Gasteiger charge is -2.39. The minimum absolute atomic E-state index is 0.0932. The summed E-state index contributed by atoms with van der Waals surface area (Å²) in [5.74, 6) is -2.38. The van der Waals surface area contributed by atoms with Crippen LogP contribution in [0.15, 0.2) is 54.6 Å². The number of allylic oxidation sites excluding steroid dienone is 1. The number of hydrogen-bond acceptors (Lipinski definition) is 8. The van der Waals surface area contributed by atoms with E-state index in [-0.39, 0.29) is 6.61 Å². The van der Waals surface area contributed by atoms with Gasteiger partial charge in [0.2, 0.25) is 13.7 Å². The fraction of sp³-hybridized carbons (Fsp3) is 0.476. The van der Waals surface area contributed by atoms with Crippen molar-refractivity contribution in [1.29, 1.82) is 0 Å². The highest BCUT2D eigenvalue weighted by Crippen LogP contribution is 2.45. The molecule has 2 N–H and O–H groups in total. The molecule has 7 atom stereocenters. The van der Waals surface area contributed by atoms with Gasteiger partial charge in [-0.15, -0.1) is 0 Å². The molecule has 3 fully saturated rings. The SMILES string of the molecule is [B]C(=O)OCC1OC(c2ccccc2)OC2C1OC1OC(N)(/C(C=C)=C/CC)OC12. The number of nitrogens with two attached hydrogens (primary N) is 1. The zero-order valence-electron chi connectivity index (χ0n) is 16.6. The first-order chi connectivity index (χ1) is 14.4. The Morgan fingerprint density at radius 2 is 1.97 bits per heavy atom. The normalized spacial score (nSPS) is 38.0. The second-order valence-corrected chi connectivity index (χ2v) is 7.26. The summed E-state index contributed by atoms with van der Waals surface area (Å²) in [5.41, 5.74) is 7.77. The van der Waals surface area contributed by atoms with Crippen LogP contribution in [0.4, 0.5) is 4.79 Å². The molecule has 30 heavy (non-hydrogen) atoms. The molecule has 4 rings (SSSR count). The van der Waals surface area contributed by atoms with Gasteiger partial charge in [0.1, 0.15) is 31.0 Å². The predicted octanol–water partition coefficient (Wildman–Crippen LogP) is 2.05. The van der Waals surface area contributed by atoms with Gasteiger partial charge in [-0.1, -0.05) is 56.0 Å². The maximum Gasteiger partial charge on any atom is 0.255 e. The summed E-state index contributed by atoms with van der Waals surface area (Å²) in [5, 5.41) is 0. The van der Waals surface area contributed by atoms with Crippen LogP contribution in [0.2, 0.25) is 0 Å². The summed E-state index contributed by atoms with van der Waals surface area (Å²) < 4.78 is 35.2. The molecule has 0 spiro atoms. The van der Waals surface area contributed by atoms with Crippen LogP contribution < -0.4 is 5.73 Å². The van der Waals surface area contributed by atoms with Crippen molar-refractivity contribution in [2.24, 2.45) is 5.73 Å². The van der Waals surface area contributed by atoms with Crippen molar-refractivity contribution >= 4 is 13.7 Å². The summed E-state index contributed by atoms with van der Waals surface area (Å²) >= 11 is 0. The van der Waals surface area contributed by atoms with Crippen LogP contribution in [0.3, 0.4) is 0 Å². The molecule has 158 valence electrons. The number of carbonyl (C=O) groups is 1. The first-order valence-electron chi connectivity index (χ1n) is 9.86. The summed E-state index contributed by atoms with van der Waals surface area (Å²) in [6.45, 7) is 5.67. The van der Waals surface area contributed by atoms with Gasteiger partial charge in [0.15, 0.2) is 12.6 Å². The third-order valence-corrected chi connectivity index (χ3v) is 5.26. The van der Waals surface area contributed by atoms with Gasteiger partial charge in [0, 0.05) is 11.1 Å². The topological polar surface area (TPSA) is 98.5 Å². The highest BCUT2D eigenvalue weighted by molar-refractivity contribution is 6.55. The molecule has 0 amide bonds. The number of fused-ring (bicyclic) bond motifs is 3. The number of rotatable bonds is 6. The zero-order valence-corrected chi connectivity index (χ0v) is 16.6. The van der Waals surface area contributed by atoms with Crippen LogP contribution in [0, 0.1) is 0 Å². The summed E-state index contributed by atoms with van der Waals surface area (Å²) in [6.07, 6.45) is 0.345. The van der Waals surface area contributed by atoms with Crippen LogP contribution in [-0.2, 0) is 28.4 Å². The molecule has 1 aromatic rings. The van der Waals surface area contributed by atoms with E-state index in [0.717, 1.165) is 12.0 Å². The van der Waals surface area contributed by atoms with Gasteiger partial charge in [0.25, 0.3) is 5.91 Å². The Kier molecular flexibility index (Phi) is 6.10. The molecule has 0 aromatic heterocycles. The molecular weight excluding hydrogens is 389 g/mol. The summed E-state index contributed by atoms with van der Waals surface area (Å²) in [6, 6.07) is 9.41. The predicted molar refractivity (Wildman–Crippen MR) is 106 cm³/mol. The summed E-state index contributed by atoms with van der Waals surface area (Å²) in [4.78, 5) is 11.1. The Morgan fingerprint density at radius 3 is 2.63 bits per heavy atom. The Labute approximate surface area is 176 Å². The van der Waals surface area contributed by atoms with Crippen molar-refractivity contribution in [1.82, 2.24) is 0 Å². The Balaban J connectivity index is 1.58. The lowest BCUT2D eigenvalue weighted by Crippen LogP contribution is -2.53. The van der Waals surface area contributed by atoms with Crippen molar-refractivity contribution in [3.63, 3.8) is 0 Å². The average Bonchev–Trinajstić information content (AvgIpc) is 3.24. The second kappa shape index (κ2) is 8.62. The Morgan fingerprint density at radius 1 is 1.20 bits per heavy atom. The maximum absolute atomic E-state index is 11.1. The van der Waals surface area contributed by atoms with E-state index in [9.17, 15) is 4.79 Å². The van der Waals surface area contributed by atoms with Crippen LogP contribution in [0.1, 0.15) is 25.2 Å². The van der Waals surface area contributed by atoms with Gasteiger partial charge in [-0.05, 0) is 6.42 Å². The van der Waals surface area contributed by atoms with Crippen molar-refractivity contribution < 1.29 is 33.2 Å². The first-order valence-corrected chi connectivity index (χ1v) is 9.86. The minimum Gasteiger partial charge on any atom is -0.472 e. The van der Waals surface area contributed by atoms with Gasteiger partial charge in [-0.25, -0.2) is 0 Å². The van der Waals surface area contributed by atoms with E-state index in [1.807, 2.05) is 43.3 Å². The van der Waals surface area contributed by atoms with Gasteiger partial charge >= 0.3 is 0 Å². The molecule has 0 saturated carbocycles. The molecule has 1 aromatic carbocycles. The molecule has 3 aliphatic heterocycles. The first kappa shape index (κ1) is 21.2. The number of carbonyl (C=O) groups excluding carboxylic acids is 1. The Bertz CT molecular complexity index is 819. The third-order valence-electron chi connectivity index (χ3n) is 5.26. The zero-order chi connectivity index (χ0) is 21.3. The van der Waals surface area contributed by atoms with Gasteiger partial charge in [-0.3, -0.25) is 10.5 Å². The Hall–Kier alpha value is -2.01. The van der Waals surface area contributed by atoms with Crippen LogP contribution in [0.5, 0.6) is 0 Å². The van der Waals surface area contributed by atoms with Crippen molar-refractivity contribution in [2.75, 3.05) is 6.61 Å². The van der Waals surface area contributed by atoms with Crippen molar-refractivity contribution in [2.45, 2.75) is 56.3 Å². The van der Waals surface area contributed by atoms with Crippen LogP contribution in [0.25, 0.3) is 0 Å². The molecule has 2 radical (unpaired) electrons. The van der Waals surface area contributed by atoms with Gasteiger partial charge in [-0.2, -0.15) is 0 Å². The molecule has 3 aliphatic rings. The fourth-order valence-electron chi connectivity index (χ4n) is 3.93. The number of ether oxygens (including phenoxy) is 6. The molecule has 3 saturated heterocycles. The average molecular weight is 413 g/mol. The molecule has 8 nitrogen and oxygen atoms in total. The second-order valence-electron chi connectivity index (χ2n) is 7.26. The van der Waals surface area contributed by atoms with E-state index in [2.05, 4.69) is 6.58 Å². The van der Waals surface area contributed by atoms with Gasteiger partial charge in [0.05, 0.1) is 0 Å². The summed E-state index contributed by atoms with van der Waals surface area (Å²) in [7, 11) is 5.13. The lowest BCUT2D eigenvalue weighted by molar-refractivity contribution is -0.312. The van der Waals surface area contributed by atoms with E-state index in [1.165, 1.54) is 0 Å². The van der Waals surface area contributed by atoms with Crippen molar-refractivity contribution in [3.8, 4) is 0 Å². The molecule has 0 bridgehead atoms. The van der Waals surface area contributed by atoms with Gasteiger partial charge < -0.3 is 28.4 Å². The van der Waals surface area contributed by atoms with E-state index in [0.29, 0.717) is 5.57 Å². The monoisotopic (exact) mass is 413 g/mol. The molecule has 7 unspecified atom stereocenters. The molecule has 0 aliphatic carbocycles. The molecule has 3 heterocycles. The molecular formula is C21H24BNO7. The molecule has 9 heteroatoms. The van der Waals surface area contributed by atoms with Crippen LogP contribution in [-0.4, -0.2) is 56.9 Å². The van der Waals surface area contributed by atoms with Crippen molar-refractivity contribution in [3.05, 3.63) is 60.2 Å². The maximum atomic E-state index is 11.1. The van der Waals surface area contributed by atoms with E-state index in [1.54, 1.807) is 6.08 Å². The third kappa shape index (κ3) is 3.97. The highest BCUT2D eigenvalue weighted by atomic mass is 16.9. The highest BCUT2D eigenvalue weighted by Gasteiger charge is 2.62. The quantitative estimate of drug-likeness (QED) is 0.559.